The molecular weight excluding hydrogens is 376 g/mol. The summed E-state index contributed by atoms with van der Waals surface area (Å²) in [7, 11) is -3.47. The maximum Gasteiger partial charge on any atom is 0.243 e. The number of amides is 1. The Bertz CT molecular complexity index is 757. The second-order valence-electron chi connectivity index (χ2n) is 8.10. The van der Waals surface area contributed by atoms with E-state index in [1.54, 1.807) is 12.1 Å². The van der Waals surface area contributed by atoms with Gasteiger partial charge >= 0.3 is 0 Å². The average molecular weight is 409 g/mol. The van der Waals surface area contributed by atoms with E-state index in [4.69, 9.17) is 4.74 Å². The molecule has 1 aliphatic heterocycles. The molecule has 0 aromatic heterocycles. The van der Waals surface area contributed by atoms with Crippen molar-refractivity contribution in [3.63, 3.8) is 0 Å². The number of carbonyl (C=O) groups is 1. The van der Waals surface area contributed by atoms with Gasteiger partial charge in [-0.05, 0) is 42.4 Å². The van der Waals surface area contributed by atoms with E-state index >= 15 is 0 Å². The first-order valence-corrected chi connectivity index (χ1v) is 11.8. The van der Waals surface area contributed by atoms with Gasteiger partial charge in [0.1, 0.15) is 0 Å². The molecule has 1 aliphatic carbocycles. The van der Waals surface area contributed by atoms with Crippen molar-refractivity contribution in [3.8, 4) is 0 Å². The largest absolute Gasteiger partial charge is 0.379 e. The lowest BCUT2D eigenvalue weighted by molar-refractivity contribution is -0.122. The zero-order chi connectivity index (χ0) is 20.1. The second-order valence-corrected chi connectivity index (χ2v) is 10.0. The van der Waals surface area contributed by atoms with Gasteiger partial charge in [-0.25, -0.2) is 8.42 Å². The van der Waals surface area contributed by atoms with Gasteiger partial charge in [-0.1, -0.05) is 38.8 Å². The quantitative estimate of drug-likeness (QED) is 0.785. The summed E-state index contributed by atoms with van der Waals surface area (Å²) in [6.45, 7) is 6.14. The fourth-order valence-corrected chi connectivity index (χ4v) is 5.49. The van der Waals surface area contributed by atoms with E-state index in [2.05, 4.69) is 19.2 Å². The molecule has 3 atom stereocenters. The van der Waals surface area contributed by atoms with Crippen LogP contribution in [0.25, 0.3) is 0 Å². The topological polar surface area (TPSA) is 75.7 Å². The Labute approximate surface area is 168 Å². The number of ether oxygens (including phenoxy) is 1. The van der Waals surface area contributed by atoms with Gasteiger partial charge in [-0.15, -0.1) is 0 Å². The highest BCUT2D eigenvalue weighted by Gasteiger charge is 2.28. The van der Waals surface area contributed by atoms with Crippen molar-refractivity contribution in [3.05, 3.63) is 29.8 Å². The molecule has 0 bridgehead atoms. The van der Waals surface area contributed by atoms with Crippen LogP contribution in [0, 0.1) is 11.8 Å². The van der Waals surface area contributed by atoms with Crippen molar-refractivity contribution in [2.45, 2.75) is 56.9 Å². The number of carbonyl (C=O) groups excluding carboxylic acids is 1. The highest BCUT2D eigenvalue weighted by atomic mass is 32.2. The van der Waals surface area contributed by atoms with Crippen LogP contribution in [0.15, 0.2) is 29.2 Å². The second kappa shape index (κ2) is 9.37. The summed E-state index contributed by atoms with van der Waals surface area (Å²) in [6, 6.07) is 7.18. The van der Waals surface area contributed by atoms with E-state index < -0.39 is 10.0 Å². The monoisotopic (exact) mass is 408 g/mol. The van der Waals surface area contributed by atoms with Crippen LogP contribution in [0.5, 0.6) is 0 Å². The molecular formula is C21H32N2O4S. The lowest BCUT2D eigenvalue weighted by Crippen LogP contribution is -2.43. The standard InChI is InChI=1S/C21H32N2O4S/c1-16-4-3-5-20(17(16)2)22-21(24)11-8-18-6-9-19(10-7-18)28(25,26)23-12-14-27-15-13-23/h6-7,9-10,16-17,20H,3-5,8,11-15H2,1-2H3,(H,22,24)/t16-,17+,20+/m1/s1. The van der Waals surface area contributed by atoms with E-state index in [-0.39, 0.29) is 11.9 Å². The molecule has 0 spiro atoms. The smallest absolute Gasteiger partial charge is 0.243 e. The molecule has 3 rings (SSSR count). The van der Waals surface area contributed by atoms with Crippen LogP contribution >= 0.6 is 0 Å². The molecule has 2 aliphatic rings. The lowest BCUT2D eigenvalue weighted by Gasteiger charge is -2.34. The molecule has 1 N–H and O–H groups in total. The lowest BCUT2D eigenvalue weighted by atomic mass is 9.78. The molecule has 1 aromatic rings. The minimum Gasteiger partial charge on any atom is -0.379 e. The highest BCUT2D eigenvalue weighted by molar-refractivity contribution is 7.89. The number of nitrogens with zero attached hydrogens (tertiary/aromatic N) is 1. The summed E-state index contributed by atoms with van der Waals surface area (Å²) in [4.78, 5) is 12.6. The number of nitrogens with one attached hydrogen (secondary N) is 1. The molecule has 1 saturated carbocycles. The van der Waals surface area contributed by atoms with Crippen molar-refractivity contribution in [2.24, 2.45) is 11.8 Å². The predicted octanol–water partition coefficient (Wildman–Crippen LogP) is 2.58. The molecule has 2 fully saturated rings. The number of rotatable bonds is 6. The van der Waals surface area contributed by atoms with Gasteiger partial charge in [0, 0.05) is 25.6 Å². The average Bonchev–Trinajstić information content (AvgIpc) is 2.71. The third-order valence-corrected chi connectivity index (χ3v) is 8.14. The van der Waals surface area contributed by atoms with Crippen LogP contribution in [0.1, 0.15) is 45.1 Å². The van der Waals surface area contributed by atoms with E-state index in [0.29, 0.717) is 55.9 Å². The molecule has 1 aromatic carbocycles. The number of hydrogen-bond donors (Lipinski definition) is 1. The number of morpholine rings is 1. The number of aryl methyl sites for hydroxylation is 1. The minimum absolute atomic E-state index is 0.0796. The first kappa shape index (κ1) is 21.3. The van der Waals surface area contributed by atoms with Crippen LogP contribution in [0.2, 0.25) is 0 Å². The van der Waals surface area contributed by atoms with Crippen molar-refractivity contribution >= 4 is 15.9 Å². The molecule has 0 unspecified atom stereocenters. The maximum atomic E-state index is 12.6. The fourth-order valence-electron chi connectivity index (χ4n) is 4.09. The Morgan fingerprint density at radius 1 is 1.14 bits per heavy atom. The normalized spacial score (nSPS) is 26.7. The predicted molar refractivity (Wildman–Crippen MR) is 108 cm³/mol. The minimum atomic E-state index is -3.47. The molecule has 0 radical (unpaired) electrons. The zero-order valence-electron chi connectivity index (χ0n) is 16.9. The van der Waals surface area contributed by atoms with Crippen molar-refractivity contribution in [2.75, 3.05) is 26.3 Å². The molecule has 1 amide bonds. The Morgan fingerprint density at radius 3 is 2.50 bits per heavy atom. The summed E-state index contributed by atoms with van der Waals surface area (Å²) in [5.41, 5.74) is 0.973. The van der Waals surface area contributed by atoms with Gasteiger partial charge in [0.15, 0.2) is 0 Å². The van der Waals surface area contributed by atoms with Gasteiger partial charge in [-0.3, -0.25) is 4.79 Å². The fraction of sp³-hybridized carbons (Fsp3) is 0.667. The van der Waals surface area contributed by atoms with Crippen LogP contribution in [-0.4, -0.2) is 51.0 Å². The Balaban J connectivity index is 1.52. The van der Waals surface area contributed by atoms with Crippen LogP contribution < -0.4 is 5.32 Å². The number of benzene rings is 1. The SMILES string of the molecule is C[C@H]1[C@H](C)CCC[C@@H]1NC(=O)CCc1ccc(S(=O)(=O)N2CCOCC2)cc1. The van der Waals surface area contributed by atoms with Crippen LogP contribution in [-0.2, 0) is 26.0 Å². The summed E-state index contributed by atoms with van der Waals surface area (Å²) in [6.07, 6.45) is 4.52. The summed E-state index contributed by atoms with van der Waals surface area (Å²) in [5, 5.41) is 3.19. The molecule has 6 nitrogen and oxygen atoms in total. The molecule has 156 valence electrons. The third-order valence-electron chi connectivity index (χ3n) is 6.23. The van der Waals surface area contributed by atoms with Crippen molar-refractivity contribution < 1.29 is 17.9 Å². The van der Waals surface area contributed by atoms with Crippen LogP contribution in [0.4, 0.5) is 0 Å². The van der Waals surface area contributed by atoms with Gasteiger partial charge in [0.05, 0.1) is 18.1 Å². The van der Waals surface area contributed by atoms with Gasteiger partial charge in [0.25, 0.3) is 0 Å². The summed E-state index contributed by atoms with van der Waals surface area (Å²) in [5.74, 6) is 1.25. The van der Waals surface area contributed by atoms with Gasteiger partial charge in [-0.2, -0.15) is 4.31 Å². The highest BCUT2D eigenvalue weighted by Crippen LogP contribution is 2.29. The van der Waals surface area contributed by atoms with E-state index in [1.165, 1.54) is 17.1 Å². The maximum absolute atomic E-state index is 12.6. The molecule has 1 saturated heterocycles. The molecule has 1 heterocycles. The first-order valence-electron chi connectivity index (χ1n) is 10.3. The van der Waals surface area contributed by atoms with E-state index in [1.807, 2.05) is 12.1 Å². The van der Waals surface area contributed by atoms with E-state index in [9.17, 15) is 13.2 Å². The third kappa shape index (κ3) is 5.13. The van der Waals surface area contributed by atoms with Crippen LogP contribution in [0.3, 0.4) is 0 Å². The van der Waals surface area contributed by atoms with Gasteiger partial charge < -0.3 is 10.1 Å². The van der Waals surface area contributed by atoms with Crippen molar-refractivity contribution in [1.82, 2.24) is 9.62 Å². The zero-order valence-corrected chi connectivity index (χ0v) is 17.7. The molecule has 7 heteroatoms. The van der Waals surface area contributed by atoms with Gasteiger partial charge in [0.2, 0.25) is 15.9 Å². The van der Waals surface area contributed by atoms with E-state index in [0.717, 1.165) is 12.0 Å². The van der Waals surface area contributed by atoms with Crippen molar-refractivity contribution in [1.29, 1.82) is 0 Å². The first-order chi connectivity index (χ1) is 13.4. The Hall–Kier alpha value is -1.44. The Kier molecular flexibility index (Phi) is 7.12. The number of sulfonamides is 1. The summed E-state index contributed by atoms with van der Waals surface area (Å²) < 4.78 is 32.0. The molecule has 28 heavy (non-hydrogen) atoms. The Morgan fingerprint density at radius 2 is 1.82 bits per heavy atom. The number of hydrogen-bond acceptors (Lipinski definition) is 4. The summed E-state index contributed by atoms with van der Waals surface area (Å²) >= 11 is 0.